The van der Waals surface area contributed by atoms with E-state index >= 15 is 0 Å². The van der Waals surface area contributed by atoms with E-state index in [1.165, 1.54) is 25.7 Å². The van der Waals surface area contributed by atoms with E-state index in [0.29, 0.717) is 16.5 Å². The number of rotatable bonds is 5. The van der Waals surface area contributed by atoms with Crippen molar-refractivity contribution in [3.8, 4) is 0 Å². The van der Waals surface area contributed by atoms with Crippen molar-refractivity contribution in [1.29, 1.82) is 0 Å². The van der Waals surface area contributed by atoms with Crippen LogP contribution in [0.25, 0.3) is 0 Å². The SMILES string of the molecule is OC(CCC1CCCC1)Cc1cccc(Cl)c1Cl. The third-order valence-electron chi connectivity index (χ3n) is 3.87. The Hall–Kier alpha value is -0.240. The first kappa shape index (κ1) is 14.2. The lowest BCUT2D eigenvalue weighted by Crippen LogP contribution is -2.12. The summed E-state index contributed by atoms with van der Waals surface area (Å²) in [4.78, 5) is 0. The quantitative estimate of drug-likeness (QED) is 0.819. The average molecular weight is 287 g/mol. The van der Waals surface area contributed by atoms with Gasteiger partial charge in [-0.25, -0.2) is 0 Å². The lowest BCUT2D eigenvalue weighted by Gasteiger charge is -2.15. The van der Waals surface area contributed by atoms with Crippen LogP contribution in [0, 0.1) is 5.92 Å². The summed E-state index contributed by atoms with van der Waals surface area (Å²) < 4.78 is 0. The van der Waals surface area contributed by atoms with E-state index in [2.05, 4.69) is 0 Å². The van der Waals surface area contributed by atoms with Crippen molar-refractivity contribution < 1.29 is 5.11 Å². The molecule has 1 atom stereocenters. The Labute approximate surface area is 119 Å². The minimum absolute atomic E-state index is 0.304. The van der Waals surface area contributed by atoms with Crippen LogP contribution in [-0.2, 0) is 6.42 Å². The van der Waals surface area contributed by atoms with Gasteiger partial charge < -0.3 is 5.11 Å². The molecule has 2 rings (SSSR count). The fourth-order valence-corrected chi connectivity index (χ4v) is 3.19. The predicted octanol–water partition coefficient (Wildman–Crippen LogP) is 4.87. The van der Waals surface area contributed by atoms with Crippen LogP contribution in [0.3, 0.4) is 0 Å². The molecule has 1 fully saturated rings. The lowest BCUT2D eigenvalue weighted by atomic mass is 9.97. The molecule has 0 aliphatic heterocycles. The van der Waals surface area contributed by atoms with Gasteiger partial charge in [0.15, 0.2) is 0 Å². The summed E-state index contributed by atoms with van der Waals surface area (Å²) in [6.07, 6.45) is 7.71. The molecular weight excluding hydrogens is 267 g/mol. The summed E-state index contributed by atoms with van der Waals surface area (Å²) in [6, 6.07) is 5.60. The third kappa shape index (κ3) is 3.88. The van der Waals surface area contributed by atoms with Crippen LogP contribution in [0.15, 0.2) is 18.2 Å². The molecule has 1 nitrogen and oxygen atoms in total. The molecule has 100 valence electrons. The summed E-state index contributed by atoms with van der Waals surface area (Å²) in [5.74, 6) is 0.828. The molecular formula is C15H20Cl2O. The van der Waals surface area contributed by atoms with Crippen LogP contribution >= 0.6 is 23.2 Å². The Balaban J connectivity index is 1.82. The van der Waals surface area contributed by atoms with Crippen LogP contribution in [0.1, 0.15) is 44.1 Å². The van der Waals surface area contributed by atoms with Gasteiger partial charge in [0, 0.05) is 0 Å². The van der Waals surface area contributed by atoms with E-state index in [4.69, 9.17) is 23.2 Å². The average Bonchev–Trinajstić information content (AvgIpc) is 2.86. The van der Waals surface area contributed by atoms with Crippen LogP contribution in [0.4, 0.5) is 0 Å². The smallest absolute Gasteiger partial charge is 0.0625 e. The highest BCUT2D eigenvalue weighted by Crippen LogP contribution is 2.30. The summed E-state index contributed by atoms with van der Waals surface area (Å²) in [5.41, 5.74) is 0.947. The maximum atomic E-state index is 10.1. The van der Waals surface area contributed by atoms with Gasteiger partial charge in [-0.05, 0) is 36.8 Å². The maximum Gasteiger partial charge on any atom is 0.0625 e. The van der Waals surface area contributed by atoms with Gasteiger partial charge >= 0.3 is 0 Å². The molecule has 3 heteroatoms. The van der Waals surface area contributed by atoms with E-state index in [1.54, 1.807) is 6.07 Å². The zero-order valence-electron chi connectivity index (χ0n) is 10.5. The van der Waals surface area contributed by atoms with Crippen LogP contribution in [-0.4, -0.2) is 11.2 Å². The molecule has 1 aromatic carbocycles. The first-order valence-corrected chi connectivity index (χ1v) is 7.53. The summed E-state index contributed by atoms with van der Waals surface area (Å²) >= 11 is 12.1. The highest BCUT2D eigenvalue weighted by atomic mass is 35.5. The van der Waals surface area contributed by atoms with Crippen molar-refractivity contribution in [2.75, 3.05) is 0 Å². The van der Waals surface area contributed by atoms with Crippen molar-refractivity contribution in [1.82, 2.24) is 0 Å². The Morgan fingerprint density at radius 1 is 1.22 bits per heavy atom. The number of halogens is 2. The molecule has 1 N–H and O–H groups in total. The molecule has 1 aliphatic carbocycles. The van der Waals surface area contributed by atoms with E-state index < -0.39 is 0 Å². The number of aliphatic hydroxyl groups is 1. The van der Waals surface area contributed by atoms with E-state index in [-0.39, 0.29) is 6.10 Å². The lowest BCUT2D eigenvalue weighted by molar-refractivity contribution is 0.155. The van der Waals surface area contributed by atoms with Gasteiger partial charge in [-0.1, -0.05) is 61.0 Å². The molecule has 1 saturated carbocycles. The second kappa shape index (κ2) is 6.79. The van der Waals surface area contributed by atoms with Crippen LogP contribution < -0.4 is 0 Å². The number of benzene rings is 1. The first-order valence-electron chi connectivity index (χ1n) is 6.77. The van der Waals surface area contributed by atoms with Gasteiger partial charge in [0.25, 0.3) is 0 Å². The van der Waals surface area contributed by atoms with Gasteiger partial charge in [-0.2, -0.15) is 0 Å². The minimum Gasteiger partial charge on any atom is -0.393 e. The minimum atomic E-state index is -0.304. The van der Waals surface area contributed by atoms with Crippen molar-refractivity contribution >= 4 is 23.2 Å². The van der Waals surface area contributed by atoms with Gasteiger partial charge in [-0.15, -0.1) is 0 Å². The largest absolute Gasteiger partial charge is 0.393 e. The molecule has 18 heavy (non-hydrogen) atoms. The van der Waals surface area contributed by atoms with Crippen LogP contribution in [0.2, 0.25) is 10.0 Å². The number of aliphatic hydroxyl groups excluding tert-OH is 1. The molecule has 1 aliphatic rings. The predicted molar refractivity (Wildman–Crippen MR) is 77.4 cm³/mol. The summed E-state index contributed by atoms with van der Waals surface area (Å²) in [6.45, 7) is 0. The Kier molecular flexibility index (Phi) is 5.35. The molecule has 1 aromatic rings. The van der Waals surface area contributed by atoms with Gasteiger partial charge in [-0.3, -0.25) is 0 Å². The summed E-state index contributed by atoms with van der Waals surface area (Å²) in [5, 5.41) is 11.2. The monoisotopic (exact) mass is 286 g/mol. The Morgan fingerprint density at radius 3 is 2.67 bits per heavy atom. The second-order valence-electron chi connectivity index (χ2n) is 5.30. The van der Waals surface area contributed by atoms with E-state index in [1.807, 2.05) is 12.1 Å². The molecule has 0 aromatic heterocycles. The van der Waals surface area contributed by atoms with Crippen LogP contribution in [0.5, 0.6) is 0 Å². The van der Waals surface area contributed by atoms with E-state index in [0.717, 1.165) is 24.3 Å². The first-order chi connectivity index (χ1) is 8.66. The van der Waals surface area contributed by atoms with Gasteiger partial charge in [0.1, 0.15) is 0 Å². The zero-order valence-corrected chi connectivity index (χ0v) is 12.1. The van der Waals surface area contributed by atoms with Gasteiger partial charge in [0.2, 0.25) is 0 Å². The molecule has 1 unspecified atom stereocenters. The summed E-state index contributed by atoms with van der Waals surface area (Å²) in [7, 11) is 0. The van der Waals surface area contributed by atoms with Crippen molar-refractivity contribution in [2.24, 2.45) is 5.92 Å². The highest BCUT2D eigenvalue weighted by Gasteiger charge is 2.17. The number of hydrogen-bond donors (Lipinski definition) is 1. The maximum absolute atomic E-state index is 10.1. The number of hydrogen-bond acceptors (Lipinski definition) is 1. The highest BCUT2D eigenvalue weighted by molar-refractivity contribution is 6.42. The molecule has 0 spiro atoms. The van der Waals surface area contributed by atoms with Crippen molar-refractivity contribution in [2.45, 2.75) is 51.0 Å². The van der Waals surface area contributed by atoms with Crippen molar-refractivity contribution in [3.63, 3.8) is 0 Å². The fourth-order valence-electron chi connectivity index (χ4n) is 2.79. The Morgan fingerprint density at radius 2 is 1.94 bits per heavy atom. The van der Waals surface area contributed by atoms with Crippen molar-refractivity contribution in [3.05, 3.63) is 33.8 Å². The second-order valence-corrected chi connectivity index (χ2v) is 6.08. The molecule has 0 radical (unpaired) electrons. The van der Waals surface area contributed by atoms with E-state index in [9.17, 15) is 5.11 Å². The molecule has 0 saturated heterocycles. The third-order valence-corrected chi connectivity index (χ3v) is 4.73. The Bertz CT molecular complexity index is 386. The topological polar surface area (TPSA) is 20.2 Å². The molecule has 0 bridgehead atoms. The fraction of sp³-hybridized carbons (Fsp3) is 0.600. The zero-order chi connectivity index (χ0) is 13.0. The molecule has 0 heterocycles. The standard InChI is InChI=1S/C15H20Cl2O/c16-14-7-3-6-12(15(14)17)10-13(18)9-8-11-4-1-2-5-11/h3,6-7,11,13,18H,1-2,4-5,8-10H2. The van der Waals surface area contributed by atoms with Gasteiger partial charge in [0.05, 0.1) is 16.1 Å². The normalized spacial score (nSPS) is 18.2. The molecule has 0 amide bonds.